The van der Waals surface area contributed by atoms with E-state index < -0.39 is 6.10 Å². The first kappa shape index (κ1) is 17.8. The van der Waals surface area contributed by atoms with Crippen LogP contribution in [-0.2, 0) is 23.7 Å². The van der Waals surface area contributed by atoms with E-state index >= 15 is 0 Å². The molecule has 0 unspecified atom stereocenters. The fourth-order valence-corrected chi connectivity index (χ4v) is 4.38. The van der Waals surface area contributed by atoms with Crippen molar-refractivity contribution < 1.29 is 23.7 Å². The van der Waals surface area contributed by atoms with Gasteiger partial charge in [0.2, 0.25) is 0 Å². The monoisotopic (exact) mass is 381 g/mol. The average molecular weight is 381 g/mol. The first-order chi connectivity index (χ1) is 13.8. The molecule has 2 aromatic rings. The molecule has 0 spiro atoms. The average Bonchev–Trinajstić information content (AvgIpc) is 3.33. The van der Waals surface area contributed by atoms with Gasteiger partial charge in [0, 0.05) is 12.8 Å². The van der Waals surface area contributed by atoms with E-state index in [1.165, 1.54) is 0 Å². The first-order valence-corrected chi connectivity index (χ1v) is 9.62. The summed E-state index contributed by atoms with van der Waals surface area (Å²) < 4.78 is 23.4. The van der Waals surface area contributed by atoms with E-state index in [1.54, 1.807) is 12.0 Å². The Balaban J connectivity index is 1.39. The van der Waals surface area contributed by atoms with Crippen molar-refractivity contribution in [2.24, 2.45) is 0 Å². The summed E-state index contributed by atoms with van der Waals surface area (Å²) in [5.74, 6) is -0.0372. The molecule has 6 heteroatoms. The Morgan fingerprint density at radius 3 is 2.18 bits per heavy atom. The molecule has 3 aliphatic rings. The highest BCUT2D eigenvalue weighted by molar-refractivity contribution is 6.05. The number of carbonyl (C=O) groups is 1. The molecule has 0 saturated carbocycles. The van der Waals surface area contributed by atoms with Gasteiger partial charge in [-0.3, -0.25) is 9.69 Å². The molecular weight excluding hydrogens is 358 g/mol. The molecule has 3 saturated heterocycles. The van der Waals surface area contributed by atoms with Crippen LogP contribution in [0.1, 0.15) is 11.6 Å². The smallest absolute Gasteiger partial charge is 0.259 e. The second-order valence-electron chi connectivity index (χ2n) is 7.36. The number of hydrogen-bond acceptors (Lipinski definition) is 5. The van der Waals surface area contributed by atoms with Gasteiger partial charge in [-0.1, -0.05) is 48.5 Å². The summed E-state index contributed by atoms with van der Waals surface area (Å²) in [4.78, 5) is 14.8. The third kappa shape index (κ3) is 2.84. The van der Waals surface area contributed by atoms with Crippen molar-refractivity contribution in [3.05, 3.63) is 66.2 Å². The van der Waals surface area contributed by atoms with Crippen molar-refractivity contribution in [1.82, 2.24) is 0 Å². The highest BCUT2D eigenvalue weighted by Crippen LogP contribution is 2.42. The van der Waals surface area contributed by atoms with Crippen molar-refractivity contribution in [1.29, 1.82) is 0 Å². The number of benzene rings is 2. The number of hydrogen-bond donors (Lipinski definition) is 0. The topological polar surface area (TPSA) is 57.2 Å². The maximum Gasteiger partial charge on any atom is 0.259 e. The molecule has 1 amide bonds. The lowest BCUT2D eigenvalue weighted by atomic mass is 9.89. The van der Waals surface area contributed by atoms with E-state index in [0.717, 1.165) is 11.3 Å². The fourth-order valence-electron chi connectivity index (χ4n) is 4.38. The maximum atomic E-state index is 13.0. The SMILES string of the molecule is CO[C@@H]1CO[C@H]2[C@@H]1OC[C@@H]2O[C@@H]1C(=O)N(c2ccccc2)[C@@H]1c1ccccc1. The van der Waals surface area contributed by atoms with Crippen molar-refractivity contribution in [3.8, 4) is 0 Å². The molecule has 5 rings (SSSR count). The van der Waals surface area contributed by atoms with Gasteiger partial charge in [0.05, 0.1) is 19.3 Å². The van der Waals surface area contributed by atoms with Gasteiger partial charge in [0.15, 0.2) is 6.10 Å². The highest BCUT2D eigenvalue weighted by atomic mass is 16.6. The Morgan fingerprint density at radius 2 is 1.50 bits per heavy atom. The molecule has 3 aliphatic heterocycles. The molecule has 0 aromatic heterocycles. The molecule has 0 radical (unpaired) electrons. The zero-order chi connectivity index (χ0) is 19.1. The molecule has 28 heavy (non-hydrogen) atoms. The molecule has 146 valence electrons. The minimum atomic E-state index is -0.555. The Hall–Kier alpha value is -2.25. The molecular formula is C22H23NO5. The number of anilines is 1. The summed E-state index contributed by atoms with van der Waals surface area (Å²) in [7, 11) is 1.66. The number of carbonyl (C=O) groups excluding carboxylic acids is 1. The van der Waals surface area contributed by atoms with Gasteiger partial charge in [-0.05, 0) is 17.7 Å². The van der Waals surface area contributed by atoms with E-state index in [-0.39, 0.29) is 36.4 Å². The zero-order valence-corrected chi connectivity index (χ0v) is 15.6. The van der Waals surface area contributed by atoms with Gasteiger partial charge in [-0.25, -0.2) is 0 Å². The predicted molar refractivity (Wildman–Crippen MR) is 102 cm³/mol. The number of methoxy groups -OCH3 is 1. The quantitative estimate of drug-likeness (QED) is 0.744. The second kappa shape index (κ2) is 7.29. The van der Waals surface area contributed by atoms with Crippen LogP contribution in [0.5, 0.6) is 0 Å². The summed E-state index contributed by atoms with van der Waals surface area (Å²) in [5.41, 5.74) is 1.92. The van der Waals surface area contributed by atoms with Gasteiger partial charge in [-0.15, -0.1) is 0 Å². The van der Waals surface area contributed by atoms with Crippen LogP contribution in [0, 0.1) is 0 Å². The van der Waals surface area contributed by atoms with Crippen molar-refractivity contribution >= 4 is 11.6 Å². The van der Waals surface area contributed by atoms with Gasteiger partial charge >= 0.3 is 0 Å². The van der Waals surface area contributed by atoms with E-state index in [9.17, 15) is 4.79 Å². The molecule has 3 heterocycles. The number of para-hydroxylation sites is 1. The van der Waals surface area contributed by atoms with Crippen LogP contribution in [0.2, 0.25) is 0 Å². The zero-order valence-electron chi connectivity index (χ0n) is 15.6. The van der Waals surface area contributed by atoms with Crippen LogP contribution < -0.4 is 4.90 Å². The van der Waals surface area contributed by atoms with Crippen LogP contribution >= 0.6 is 0 Å². The lowest BCUT2D eigenvalue weighted by Crippen LogP contribution is -2.61. The van der Waals surface area contributed by atoms with E-state index in [4.69, 9.17) is 18.9 Å². The predicted octanol–water partition coefficient (Wildman–Crippen LogP) is 2.34. The van der Waals surface area contributed by atoms with Gasteiger partial charge in [-0.2, -0.15) is 0 Å². The van der Waals surface area contributed by atoms with E-state index in [2.05, 4.69) is 0 Å². The summed E-state index contributed by atoms with van der Waals surface area (Å²) in [5, 5.41) is 0. The van der Waals surface area contributed by atoms with E-state index in [0.29, 0.717) is 13.2 Å². The summed E-state index contributed by atoms with van der Waals surface area (Å²) in [6.45, 7) is 0.897. The van der Waals surface area contributed by atoms with E-state index in [1.807, 2.05) is 60.7 Å². The third-order valence-electron chi connectivity index (χ3n) is 5.81. The lowest BCUT2D eigenvalue weighted by Gasteiger charge is -2.47. The number of nitrogens with zero attached hydrogens (tertiary/aromatic N) is 1. The van der Waals surface area contributed by atoms with Crippen LogP contribution in [0.4, 0.5) is 5.69 Å². The van der Waals surface area contributed by atoms with Gasteiger partial charge in [0.25, 0.3) is 5.91 Å². The van der Waals surface area contributed by atoms with Crippen LogP contribution in [0.15, 0.2) is 60.7 Å². The second-order valence-corrected chi connectivity index (χ2v) is 7.36. The Bertz CT molecular complexity index is 829. The normalized spacial score (nSPS) is 34.3. The summed E-state index contributed by atoms with van der Waals surface area (Å²) in [6, 6.07) is 19.5. The molecule has 0 bridgehead atoms. The standard InChI is InChI=1S/C22H23NO5/c1-25-16-12-26-20-17(13-27-19(16)20)28-21-18(14-8-4-2-5-9-14)23(22(21)24)15-10-6-3-7-11-15/h2-11,16-21H,12-13H2,1H3/t16-,17+,18-,19-,20-,21+/m1/s1. The Morgan fingerprint density at radius 1 is 0.893 bits per heavy atom. The Kier molecular flexibility index (Phi) is 4.64. The highest BCUT2D eigenvalue weighted by Gasteiger charge is 2.55. The first-order valence-electron chi connectivity index (χ1n) is 9.62. The van der Waals surface area contributed by atoms with Crippen molar-refractivity contribution in [2.75, 3.05) is 25.2 Å². The van der Waals surface area contributed by atoms with Crippen LogP contribution in [0.25, 0.3) is 0 Å². The number of rotatable bonds is 5. The lowest BCUT2D eigenvalue weighted by molar-refractivity contribution is -0.154. The molecule has 0 aliphatic carbocycles. The van der Waals surface area contributed by atoms with Crippen LogP contribution in [0.3, 0.4) is 0 Å². The third-order valence-corrected chi connectivity index (χ3v) is 5.81. The fraction of sp³-hybridized carbons (Fsp3) is 0.409. The molecule has 6 atom stereocenters. The van der Waals surface area contributed by atoms with Crippen LogP contribution in [-0.4, -0.2) is 56.8 Å². The minimum Gasteiger partial charge on any atom is -0.376 e. The maximum absolute atomic E-state index is 13.0. The summed E-state index contributed by atoms with van der Waals surface area (Å²) >= 11 is 0. The number of β-lactam (4-membered cyclic amide) rings is 1. The Labute approximate surface area is 163 Å². The molecule has 6 nitrogen and oxygen atoms in total. The number of amides is 1. The molecule has 0 N–H and O–H groups in total. The number of fused-ring (bicyclic) bond motifs is 1. The summed E-state index contributed by atoms with van der Waals surface area (Å²) in [6.07, 6.45) is -1.24. The molecule has 2 aromatic carbocycles. The van der Waals surface area contributed by atoms with Crippen molar-refractivity contribution in [2.45, 2.75) is 36.6 Å². The number of ether oxygens (including phenoxy) is 4. The van der Waals surface area contributed by atoms with Crippen molar-refractivity contribution in [3.63, 3.8) is 0 Å². The minimum absolute atomic E-state index is 0.0372. The van der Waals surface area contributed by atoms with Gasteiger partial charge in [0.1, 0.15) is 24.4 Å². The largest absolute Gasteiger partial charge is 0.376 e. The molecule has 3 fully saturated rings. The van der Waals surface area contributed by atoms with Gasteiger partial charge < -0.3 is 18.9 Å².